The number of aryl methyl sites for hydroxylation is 2. The summed E-state index contributed by atoms with van der Waals surface area (Å²) in [5, 5.41) is 2.21. The smallest absolute Gasteiger partial charge is 0.271 e. The van der Waals surface area contributed by atoms with Crippen molar-refractivity contribution in [1.82, 2.24) is 9.78 Å². The summed E-state index contributed by atoms with van der Waals surface area (Å²) in [6, 6.07) is 9.01. The van der Waals surface area contributed by atoms with E-state index in [2.05, 4.69) is 5.10 Å². The molecule has 2 rings (SSSR count). The predicted molar refractivity (Wildman–Crippen MR) is 85.1 cm³/mol. The maximum Gasteiger partial charge on any atom is 0.271 e. The third-order valence-electron chi connectivity index (χ3n) is 3.65. The number of benzene rings is 1. The van der Waals surface area contributed by atoms with Crippen LogP contribution in [0.3, 0.4) is 0 Å². The van der Waals surface area contributed by atoms with Gasteiger partial charge in [0.25, 0.3) is 15.7 Å². The van der Waals surface area contributed by atoms with Gasteiger partial charge in [-0.25, -0.2) is 4.68 Å². The Bertz CT molecular complexity index is 805. The van der Waals surface area contributed by atoms with E-state index in [1.54, 1.807) is 0 Å². The molecule has 120 valence electrons. The molecule has 0 amide bonds. The van der Waals surface area contributed by atoms with Gasteiger partial charge in [0, 0.05) is 11.8 Å². The van der Waals surface area contributed by atoms with Gasteiger partial charge in [-0.1, -0.05) is 18.2 Å². The van der Waals surface area contributed by atoms with Crippen molar-refractivity contribution in [3.8, 4) is 5.69 Å². The molecule has 0 aliphatic heterocycles. The molecule has 0 aliphatic carbocycles. The van der Waals surface area contributed by atoms with E-state index in [1.807, 2.05) is 31.2 Å². The average Bonchev–Trinajstić information content (AvgIpc) is 2.77. The van der Waals surface area contributed by atoms with Crippen LogP contribution in [-0.2, 0) is 16.5 Å². The van der Waals surface area contributed by atoms with Crippen molar-refractivity contribution in [3.63, 3.8) is 0 Å². The highest BCUT2D eigenvalue weighted by Gasteiger charge is 2.17. The van der Waals surface area contributed by atoms with Crippen LogP contribution in [0, 0.1) is 6.92 Å². The van der Waals surface area contributed by atoms with E-state index >= 15 is 0 Å². The Morgan fingerprint density at radius 2 is 2.00 bits per heavy atom. The van der Waals surface area contributed by atoms with Gasteiger partial charge in [0.1, 0.15) is 0 Å². The van der Waals surface area contributed by atoms with Crippen molar-refractivity contribution in [2.24, 2.45) is 0 Å². The second kappa shape index (κ2) is 6.50. The Kier molecular flexibility index (Phi) is 4.87. The lowest BCUT2D eigenvalue weighted by molar-refractivity contribution is 0.464. The Morgan fingerprint density at radius 1 is 1.32 bits per heavy atom. The Morgan fingerprint density at radius 3 is 2.59 bits per heavy atom. The molecule has 6 nitrogen and oxygen atoms in total. The Hall–Kier alpha value is -1.86. The minimum Gasteiger partial charge on any atom is -0.295 e. The van der Waals surface area contributed by atoms with Crippen LogP contribution >= 0.6 is 0 Å². The van der Waals surface area contributed by atoms with Crippen molar-refractivity contribution in [3.05, 3.63) is 51.9 Å². The second-order valence-corrected chi connectivity index (χ2v) is 7.29. The zero-order valence-corrected chi connectivity index (χ0v) is 13.4. The number of H-pyrrole nitrogens is 1. The summed E-state index contributed by atoms with van der Waals surface area (Å²) in [6.07, 6.45) is 1.60. The molecule has 2 N–H and O–H groups in total. The second-order valence-electron chi connectivity index (χ2n) is 5.46. The van der Waals surface area contributed by atoms with Crippen LogP contribution in [0.2, 0.25) is 0 Å². The molecular weight excluding hydrogens is 304 g/mol. The highest BCUT2D eigenvalue weighted by molar-refractivity contribution is 7.86. The molecule has 1 heterocycles. The fourth-order valence-electron chi connectivity index (χ4n) is 2.36. The SMILES string of the molecule is Cc1cc(=O)n(-c2ccccc2CCCC(C)S(=O)(=O)O)[nH]1. The molecule has 1 aromatic heterocycles. The van der Waals surface area contributed by atoms with E-state index < -0.39 is 15.4 Å². The van der Waals surface area contributed by atoms with Crippen LogP contribution in [0.15, 0.2) is 35.1 Å². The van der Waals surface area contributed by atoms with Gasteiger partial charge in [-0.15, -0.1) is 0 Å². The third-order valence-corrected chi connectivity index (χ3v) is 4.90. The van der Waals surface area contributed by atoms with Crippen LogP contribution in [0.4, 0.5) is 0 Å². The number of nitrogens with zero attached hydrogens (tertiary/aromatic N) is 1. The minimum atomic E-state index is -3.98. The molecule has 2 aromatic rings. The molecule has 0 fully saturated rings. The van der Waals surface area contributed by atoms with Crippen LogP contribution in [-0.4, -0.2) is 28.0 Å². The summed E-state index contributed by atoms with van der Waals surface area (Å²) in [6.45, 7) is 3.30. The van der Waals surface area contributed by atoms with Crippen molar-refractivity contribution in [1.29, 1.82) is 0 Å². The number of nitrogens with one attached hydrogen (secondary N) is 1. The van der Waals surface area contributed by atoms with E-state index in [9.17, 15) is 13.2 Å². The maximum atomic E-state index is 11.9. The lowest BCUT2D eigenvalue weighted by Gasteiger charge is -2.11. The molecule has 0 saturated heterocycles. The lowest BCUT2D eigenvalue weighted by Crippen LogP contribution is -2.17. The zero-order valence-electron chi connectivity index (χ0n) is 12.6. The summed E-state index contributed by atoms with van der Waals surface area (Å²) < 4.78 is 32.5. The van der Waals surface area contributed by atoms with Gasteiger partial charge >= 0.3 is 0 Å². The number of aromatic amines is 1. The number of aromatic nitrogens is 2. The fraction of sp³-hybridized carbons (Fsp3) is 0.400. The zero-order chi connectivity index (χ0) is 16.3. The summed E-state index contributed by atoms with van der Waals surface area (Å²) in [5.74, 6) is 0. The number of hydrogen-bond acceptors (Lipinski definition) is 3. The molecule has 1 aromatic carbocycles. The van der Waals surface area contributed by atoms with E-state index in [0.717, 1.165) is 16.9 Å². The summed E-state index contributed by atoms with van der Waals surface area (Å²) in [5.41, 5.74) is 2.37. The maximum absolute atomic E-state index is 11.9. The summed E-state index contributed by atoms with van der Waals surface area (Å²) in [4.78, 5) is 11.9. The van der Waals surface area contributed by atoms with Gasteiger partial charge in [0.05, 0.1) is 10.9 Å². The molecule has 7 heteroatoms. The third kappa shape index (κ3) is 3.86. The van der Waals surface area contributed by atoms with E-state index in [0.29, 0.717) is 19.3 Å². The summed E-state index contributed by atoms with van der Waals surface area (Å²) >= 11 is 0. The van der Waals surface area contributed by atoms with Crippen LogP contribution in [0.25, 0.3) is 5.69 Å². The van der Waals surface area contributed by atoms with Crippen LogP contribution < -0.4 is 5.56 Å². The van der Waals surface area contributed by atoms with Gasteiger partial charge < -0.3 is 0 Å². The van der Waals surface area contributed by atoms with Crippen molar-refractivity contribution in [2.45, 2.75) is 38.4 Å². The first kappa shape index (κ1) is 16.5. The van der Waals surface area contributed by atoms with E-state index in [4.69, 9.17) is 4.55 Å². The van der Waals surface area contributed by atoms with Crippen LogP contribution in [0.1, 0.15) is 31.0 Å². The molecular formula is C15H20N2O4S. The minimum absolute atomic E-state index is 0.128. The number of para-hydroxylation sites is 1. The molecule has 0 saturated carbocycles. The monoisotopic (exact) mass is 324 g/mol. The van der Waals surface area contributed by atoms with Gasteiger partial charge in [-0.3, -0.25) is 14.4 Å². The Labute approximate surface area is 129 Å². The first-order valence-corrected chi connectivity index (χ1v) is 8.62. The standard InChI is InChI=1S/C15H20N2O4S/c1-11-10-15(18)17(16-11)14-9-4-3-7-13(14)8-5-6-12(2)22(19,20)21/h3-4,7,9-10,12,16H,5-6,8H2,1-2H3,(H,19,20,21). The molecule has 0 radical (unpaired) electrons. The topological polar surface area (TPSA) is 92.2 Å². The molecule has 0 spiro atoms. The normalized spacial score (nSPS) is 13.2. The van der Waals surface area contributed by atoms with Gasteiger partial charge in [-0.05, 0) is 44.7 Å². The molecule has 0 aliphatic rings. The molecule has 22 heavy (non-hydrogen) atoms. The van der Waals surface area contributed by atoms with E-state index in [1.165, 1.54) is 17.7 Å². The van der Waals surface area contributed by atoms with Crippen molar-refractivity contribution < 1.29 is 13.0 Å². The summed E-state index contributed by atoms with van der Waals surface area (Å²) in [7, 11) is -3.98. The first-order chi connectivity index (χ1) is 10.3. The average molecular weight is 324 g/mol. The molecule has 1 atom stereocenters. The van der Waals surface area contributed by atoms with Crippen molar-refractivity contribution >= 4 is 10.1 Å². The van der Waals surface area contributed by atoms with Crippen molar-refractivity contribution in [2.75, 3.05) is 0 Å². The quantitative estimate of drug-likeness (QED) is 0.796. The van der Waals surface area contributed by atoms with Crippen LogP contribution in [0.5, 0.6) is 0 Å². The predicted octanol–water partition coefficient (Wildman–Crippen LogP) is 2.07. The Balaban J connectivity index is 2.16. The highest BCUT2D eigenvalue weighted by Crippen LogP contribution is 2.17. The first-order valence-electron chi connectivity index (χ1n) is 7.12. The highest BCUT2D eigenvalue weighted by atomic mass is 32.2. The molecule has 0 bridgehead atoms. The van der Waals surface area contributed by atoms with Gasteiger partial charge in [0.15, 0.2) is 0 Å². The number of rotatable bonds is 6. The molecule has 1 unspecified atom stereocenters. The lowest BCUT2D eigenvalue weighted by atomic mass is 10.1. The van der Waals surface area contributed by atoms with Gasteiger partial charge in [-0.2, -0.15) is 8.42 Å². The van der Waals surface area contributed by atoms with Gasteiger partial charge in [0.2, 0.25) is 0 Å². The largest absolute Gasteiger partial charge is 0.295 e. The fourth-order valence-corrected chi connectivity index (χ4v) is 2.83. The number of hydrogen-bond donors (Lipinski definition) is 2. The van der Waals surface area contributed by atoms with E-state index in [-0.39, 0.29) is 5.56 Å².